The normalized spacial score (nSPS) is 15.9. The summed E-state index contributed by atoms with van der Waals surface area (Å²) in [5.41, 5.74) is 1.54. The maximum absolute atomic E-state index is 13.0. The third-order valence-electron chi connectivity index (χ3n) is 5.98. The molecule has 0 unspecified atom stereocenters. The fraction of sp³-hybridized carbons (Fsp3) is 0.240. The van der Waals surface area contributed by atoms with Gasteiger partial charge in [0.15, 0.2) is 0 Å². The number of nitrogens with zero attached hydrogens (tertiary/aromatic N) is 3. The van der Waals surface area contributed by atoms with Crippen LogP contribution < -0.4 is 10.1 Å². The fourth-order valence-electron chi connectivity index (χ4n) is 4.32. The lowest BCUT2D eigenvalue weighted by molar-refractivity contribution is 0.0549. The molecule has 2 aliphatic rings. The number of aromatic nitrogens is 2. The minimum atomic E-state index is -0.366. The maximum Gasteiger partial charge on any atom is 0.321 e. The van der Waals surface area contributed by atoms with Gasteiger partial charge in [-0.25, -0.2) is 9.97 Å². The topological polar surface area (TPSA) is 101 Å². The first kappa shape index (κ1) is 20.8. The third kappa shape index (κ3) is 4.19. The van der Waals surface area contributed by atoms with Gasteiger partial charge in [0.25, 0.3) is 17.7 Å². The number of benzene rings is 2. The molecule has 3 amide bonds. The van der Waals surface area contributed by atoms with Crippen LogP contribution in [0.25, 0.3) is 0 Å². The van der Waals surface area contributed by atoms with Gasteiger partial charge in [-0.1, -0.05) is 19.3 Å². The van der Waals surface area contributed by atoms with Crippen molar-refractivity contribution in [2.45, 2.75) is 38.1 Å². The van der Waals surface area contributed by atoms with Gasteiger partial charge in [0, 0.05) is 29.7 Å². The lowest BCUT2D eigenvalue weighted by Gasteiger charge is -2.29. The number of carbonyl (C=O) groups excluding carboxylic acids is 3. The van der Waals surface area contributed by atoms with Gasteiger partial charge in [-0.15, -0.1) is 0 Å². The Bertz CT molecular complexity index is 1200. The van der Waals surface area contributed by atoms with Crippen molar-refractivity contribution in [1.29, 1.82) is 0 Å². The highest BCUT2D eigenvalue weighted by Crippen LogP contribution is 2.31. The van der Waals surface area contributed by atoms with Crippen LogP contribution in [-0.4, -0.2) is 38.6 Å². The van der Waals surface area contributed by atoms with E-state index in [1.807, 2.05) is 0 Å². The minimum absolute atomic E-state index is 0.0505. The van der Waals surface area contributed by atoms with Crippen LogP contribution in [0.3, 0.4) is 0 Å². The molecular weight excluding hydrogens is 420 g/mol. The van der Waals surface area contributed by atoms with E-state index in [1.54, 1.807) is 54.9 Å². The van der Waals surface area contributed by atoms with Gasteiger partial charge in [-0.2, -0.15) is 0 Å². The number of hydrogen-bond donors (Lipinski definition) is 1. The summed E-state index contributed by atoms with van der Waals surface area (Å²) in [4.78, 5) is 48.0. The zero-order valence-electron chi connectivity index (χ0n) is 17.9. The molecule has 1 N–H and O–H groups in total. The van der Waals surface area contributed by atoms with Gasteiger partial charge in [-0.3, -0.25) is 19.3 Å². The number of nitrogens with one attached hydrogen (secondary N) is 1. The number of carbonyl (C=O) groups is 3. The Morgan fingerprint density at radius 1 is 0.909 bits per heavy atom. The second-order valence-electron chi connectivity index (χ2n) is 8.14. The smallest absolute Gasteiger partial charge is 0.321 e. The average molecular weight is 442 g/mol. The number of hydrogen-bond acceptors (Lipinski definition) is 6. The molecule has 1 fully saturated rings. The Balaban J connectivity index is 1.28. The summed E-state index contributed by atoms with van der Waals surface area (Å²) in [5, 5.41) is 2.81. The quantitative estimate of drug-likeness (QED) is 0.586. The highest BCUT2D eigenvalue weighted by molar-refractivity contribution is 6.22. The lowest BCUT2D eigenvalue weighted by Crippen LogP contribution is -2.40. The van der Waals surface area contributed by atoms with E-state index < -0.39 is 0 Å². The molecule has 5 rings (SSSR count). The summed E-state index contributed by atoms with van der Waals surface area (Å²) in [6.45, 7) is 0. The molecule has 33 heavy (non-hydrogen) atoms. The van der Waals surface area contributed by atoms with Crippen LogP contribution in [0, 0.1) is 0 Å². The van der Waals surface area contributed by atoms with E-state index in [4.69, 9.17) is 4.74 Å². The number of fused-ring (bicyclic) bond motifs is 1. The van der Waals surface area contributed by atoms with Crippen LogP contribution in [0.2, 0.25) is 0 Å². The Hall–Kier alpha value is -4.07. The van der Waals surface area contributed by atoms with Crippen LogP contribution in [0.1, 0.15) is 63.2 Å². The molecule has 2 aromatic carbocycles. The van der Waals surface area contributed by atoms with Crippen molar-refractivity contribution in [2.24, 2.45) is 0 Å². The summed E-state index contributed by atoms with van der Waals surface area (Å²) >= 11 is 0. The molecule has 0 saturated heterocycles. The van der Waals surface area contributed by atoms with E-state index in [0.717, 1.165) is 32.1 Å². The van der Waals surface area contributed by atoms with E-state index in [-0.39, 0.29) is 29.8 Å². The Labute approximate surface area is 190 Å². The first-order valence-electron chi connectivity index (χ1n) is 11.0. The molecule has 8 nitrogen and oxygen atoms in total. The van der Waals surface area contributed by atoms with Gasteiger partial charge in [-0.05, 0) is 61.4 Å². The van der Waals surface area contributed by atoms with Gasteiger partial charge in [0.05, 0.1) is 11.1 Å². The lowest BCUT2D eigenvalue weighted by atomic mass is 9.94. The summed E-state index contributed by atoms with van der Waals surface area (Å²) in [7, 11) is 0. The average Bonchev–Trinajstić information content (AvgIpc) is 3.11. The Morgan fingerprint density at radius 2 is 1.61 bits per heavy atom. The summed E-state index contributed by atoms with van der Waals surface area (Å²) in [6.07, 6.45) is 8.03. The molecule has 8 heteroatoms. The number of amides is 3. The predicted molar refractivity (Wildman–Crippen MR) is 120 cm³/mol. The zero-order chi connectivity index (χ0) is 22.8. The molecule has 1 aliphatic carbocycles. The molecule has 0 atom stereocenters. The van der Waals surface area contributed by atoms with Gasteiger partial charge in [0.2, 0.25) is 0 Å². The van der Waals surface area contributed by atoms with Crippen molar-refractivity contribution in [1.82, 2.24) is 14.9 Å². The summed E-state index contributed by atoms with van der Waals surface area (Å²) in [6, 6.07) is 13.3. The largest absolute Gasteiger partial charge is 0.424 e. The number of ether oxygens (including phenoxy) is 1. The van der Waals surface area contributed by atoms with E-state index in [0.29, 0.717) is 28.1 Å². The van der Waals surface area contributed by atoms with Crippen LogP contribution >= 0.6 is 0 Å². The molecule has 3 aromatic rings. The van der Waals surface area contributed by atoms with E-state index in [2.05, 4.69) is 15.3 Å². The monoisotopic (exact) mass is 442 g/mol. The van der Waals surface area contributed by atoms with Crippen LogP contribution in [0.5, 0.6) is 11.8 Å². The van der Waals surface area contributed by atoms with Crippen molar-refractivity contribution >= 4 is 23.4 Å². The van der Waals surface area contributed by atoms with Crippen molar-refractivity contribution in [3.8, 4) is 11.8 Å². The van der Waals surface area contributed by atoms with E-state index in [9.17, 15) is 14.4 Å². The highest BCUT2D eigenvalue weighted by atomic mass is 16.5. The molecular formula is C25H22N4O4. The van der Waals surface area contributed by atoms with Crippen molar-refractivity contribution in [2.75, 3.05) is 5.32 Å². The first-order valence-corrected chi connectivity index (χ1v) is 11.0. The van der Waals surface area contributed by atoms with E-state index >= 15 is 0 Å². The SMILES string of the molecule is O=C(Nc1ccc(Oc2ncccn2)cc1)c1ccc2c(c1)C(=O)N(C1CCCCC1)C2=O. The van der Waals surface area contributed by atoms with Crippen molar-refractivity contribution < 1.29 is 19.1 Å². The Kier molecular flexibility index (Phi) is 5.56. The number of anilines is 1. The number of imide groups is 1. The molecule has 1 aromatic heterocycles. The third-order valence-corrected chi connectivity index (χ3v) is 5.98. The fourth-order valence-corrected chi connectivity index (χ4v) is 4.32. The second kappa shape index (κ2) is 8.82. The highest BCUT2D eigenvalue weighted by Gasteiger charge is 2.40. The van der Waals surface area contributed by atoms with Gasteiger partial charge < -0.3 is 10.1 Å². The zero-order valence-corrected chi connectivity index (χ0v) is 17.9. The standard InChI is InChI=1S/C25H22N4O4/c30-22(28-17-8-10-19(11-9-17)33-25-26-13-4-14-27-25)16-7-12-20-21(15-16)24(32)29(23(20)31)18-5-2-1-3-6-18/h4,7-15,18H,1-3,5-6H2,(H,28,30). The van der Waals surface area contributed by atoms with Gasteiger partial charge >= 0.3 is 6.01 Å². The van der Waals surface area contributed by atoms with Crippen LogP contribution in [0.15, 0.2) is 60.9 Å². The first-order chi connectivity index (χ1) is 16.1. The minimum Gasteiger partial charge on any atom is -0.424 e. The summed E-state index contributed by atoms with van der Waals surface area (Å²) < 4.78 is 5.55. The van der Waals surface area contributed by atoms with Crippen molar-refractivity contribution in [3.05, 3.63) is 77.6 Å². The van der Waals surface area contributed by atoms with Crippen LogP contribution in [0.4, 0.5) is 5.69 Å². The van der Waals surface area contributed by atoms with E-state index in [1.165, 1.54) is 11.0 Å². The molecule has 2 heterocycles. The molecule has 0 spiro atoms. The number of rotatable bonds is 5. The molecule has 1 aliphatic heterocycles. The molecule has 1 saturated carbocycles. The van der Waals surface area contributed by atoms with Crippen molar-refractivity contribution in [3.63, 3.8) is 0 Å². The Morgan fingerprint density at radius 3 is 2.33 bits per heavy atom. The van der Waals surface area contributed by atoms with Gasteiger partial charge in [0.1, 0.15) is 5.75 Å². The molecule has 0 radical (unpaired) electrons. The maximum atomic E-state index is 13.0. The summed E-state index contributed by atoms with van der Waals surface area (Å²) in [5.74, 6) is -0.397. The second-order valence-corrected chi connectivity index (χ2v) is 8.14. The molecule has 0 bridgehead atoms. The predicted octanol–water partition coefficient (Wildman–Crippen LogP) is 4.45. The molecule has 166 valence electrons. The van der Waals surface area contributed by atoms with Crippen LogP contribution in [-0.2, 0) is 0 Å².